The number of alkyl carbamates (subject to hydrolysis) is 1. The van der Waals surface area contributed by atoms with Crippen LogP contribution in [0.1, 0.15) is 41.5 Å². The van der Waals surface area contributed by atoms with Crippen molar-refractivity contribution >= 4 is 12.0 Å². The first kappa shape index (κ1) is 19.0. The van der Waals surface area contributed by atoms with E-state index in [9.17, 15) is 9.59 Å². The Kier molecular flexibility index (Phi) is 9.25. The molecule has 108 valence electrons. The van der Waals surface area contributed by atoms with Crippen LogP contribution in [0.5, 0.6) is 0 Å². The highest BCUT2D eigenvalue weighted by molar-refractivity contribution is 5.85. The third-order valence-electron chi connectivity index (χ3n) is 1.74. The topological polar surface area (TPSA) is 87.7 Å². The lowest BCUT2D eigenvalue weighted by Crippen LogP contribution is -2.50. The predicted octanol–water partition coefficient (Wildman–Crippen LogP) is 1.03. The van der Waals surface area contributed by atoms with Gasteiger partial charge in [-0.1, -0.05) is 14.4 Å². The number of carbonyl (C=O) groups is 2. The van der Waals surface area contributed by atoms with Crippen LogP contribution in [0.3, 0.4) is 0 Å². The first-order valence-electron chi connectivity index (χ1n) is 5.68. The largest absolute Gasteiger partial charge is 0.444 e. The Labute approximate surface area is 109 Å². The molecule has 0 aromatic heterocycles. The molecule has 0 rings (SSSR count). The van der Waals surface area contributed by atoms with Crippen molar-refractivity contribution in [2.45, 2.75) is 53.2 Å². The highest BCUT2D eigenvalue weighted by Gasteiger charge is 2.23. The Morgan fingerprint density at radius 3 is 2.28 bits per heavy atom. The van der Waals surface area contributed by atoms with Gasteiger partial charge in [-0.2, -0.15) is 0 Å². The summed E-state index contributed by atoms with van der Waals surface area (Å²) in [6, 6.07) is -0.976. The SMILES string of the molecule is C.CCCNC(=O)C(CO)NC(=O)OC(C)(C)C. The molecule has 0 aliphatic carbocycles. The van der Waals surface area contributed by atoms with Crippen molar-refractivity contribution in [3.63, 3.8) is 0 Å². The first-order valence-corrected chi connectivity index (χ1v) is 5.68. The molecule has 0 radical (unpaired) electrons. The summed E-state index contributed by atoms with van der Waals surface area (Å²) >= 11 is 0. The van der Waals surface area contributed by atoms with Gasteiger partial charge in [0.05, 0.1) is 6.61 Å². The van der Waals surface area contributed by atoms with Gasteiger partial charge in [-0.25, -0.2) is 4.79 Å². The van der Waals surface area contributed by atoms with Crippen LogP contribution in [0.4, 0.5) is 4.79 Å². The van der Waals surface area contributed by atoms with Crippen LogP contribution in [0.25, 0.3) is 0 Å². The number of hydrogen-bond donors (Lipinski definition) is 3. The van der Waals surface area contributed by atoms with Crippen molar-refractivity contribution in [2.75, 3.05) is 13.2 Å². The highest BCUT2D eigenvalue weighted by Crippen LogP contribution is 2.06. The second kappa shape index (κ2) is 8.74. The minimum absolute atomic E-state index is 0. The fourth-order valence-electron chi connectivity index (χ4n) is 1.02. The average Bonchev–Trinajstić information content (AvgIpc) is 2.19. The molecule has 0 aromatic rings. The van der Waals surface area contributed by atoms with E-state index in [-0.39, 0.29) is 7.43 Å². The summed E-state index contributed by atoms with van der Waals surface area (Å²) in [5.74, 6) is -0.416. The maximum atomic E-state index is 11.5. The fourth-order valence-corrected chi connectivity index (χ4v) is 1.02. The van der Waals surface area contributed by atoms with Crippen LogP contribution in [0.2, 0.25) is 0 Å². The summed E-state index contributed by atoms with van der Waals surface area (Å²) in [4.78, 5) is 22.9. The third-order valence-corrected chi connectivity index (χ3v) is 1.74. The Hall–Kier alpha value is -1.30. The van der Waals surface area contributed by atoms with Crippen LogP contribution in [0, 0.1) is 0 Å². The number of carbonyl (C=O) groups excluding carboxylic acids is 2. The van der Waals surface area contributed by atoms with E-state index in [0.29, 0.717) is 6.54 Å². The molecular formula is C12H26N2O4. The Balaban J connectivity index is 0. The Morgan fingerprint density at radius 1 is 1.33 bits per heavy atom. The van der Waals surface area contributed by atoms with Gasteiger partial charge in [-0.05, 0) is 27.2 Å². The smallest absolute Gasteiger partial charge is 0.408 e. The van der Waals surface area contributed by atoms with Gasteiger partial charge in [0.1, 0.15) is 11.6 Å². The van der Waals surface area contributed by atoms with E-state index >= 15 is 0 Å². The van der Waals surface area contributed by atoms with E-state index in [1.54, 1.807) is 20.8 Å². The second-order valence-corrected chi connectivity index (χ2v) is 4.67. The number of hydrogen-bond acceptors (Lipinski definition) is 4. The molecule has 0 bridgehead atoms. The number of aliphatic hydroxyl groups is 1. The van der Waals surface area contributed by atoms with Crippen molar-refractivity contribution in [3.8, 4) is 0 Å². The molecule has 18 heavy (non-hydrogen) atoms. The lowest BCUT2D eigenvalue weighted by Gasteiger charge is -2.22. The number of ether oxygens (including phenoxy) is 1. The average molecular weight is 262 g/mol. The van der Waals surface area contributed by atoms with Crippen LogP contribution in [0.15, 0.2) is 0 Å². The molecule has 1 unspecified atom stereocenters. The van der Waals surface area contributed by atoms with Gasteiger partial charge in [0.25, 0.3) is 0 Å². The summed E-state index contributed by atoms with van der Waals surface area (Å²) in [5.41, 5.74) is -0.635. The van der Waals surface area contributed by atoms with Gasteiger partial charge in [-0.3, -0.25) is 4.79 Å². The second-order valence-electron chi connectivity index (χ2n) is 4.67. The monoisotopic (exact) mass is 262 g/mol. The van der Waals surface area contributed by atoms with Crippen molar-refractivity contribution in [3.05, 3.63) is 0 Å². The number of nitrogens with one attached hydrogen (secondary N) is 2. The Morgan fingerprint density at radius 2 is 1.89 bits per heavy atom. The molecule has 0 aliphatic rings. The summed E-state index contributed by atoms with van der Waals surface area (Å²) in [7, 11) is 0. The zero-order chi connectivity index (χ0) is 13.5. The van der Waals surface area contributed by atoms with Crippen LogP contribution >= 0.6 is 0 Å². The van der Waals surface area contributed by atoms with E-state index in [4.69, 9.17) is 9.84 Å². The van der Waals surface area contributed by atoms with Gasteiger partial charge in [0.2, 0.25) is 5.91 Å². The molecule has 0 fully saturated rings. The van der Waals surface area contributed by atoms with Crippen LogP contribution < -0.4 is 10.6 Å². The maximum Gasteiger partial charge on any atom is 0.408 e. The van der Waals surface area contributed by atoms with E-state index < -0.39 is 30.3 Å². The van der Waals surface area contributed by atoms with Crippen LogP contribution in [-0.2, 0) is 9.53 Å². The van der Waals surface area contributed by atoms with Crippen molar-refractivity contribution in [2.24, 2.45) is 0 Å². The van der Waals surface area contributed by atoms with Crippen molar-refractivity contribution in [1.82, 2.24) is 10.6 Å². The lowest BCUT2D eigenvalue weighted by molar-refractivity contribution is -0.124. The minimum atomic E-state index is -0.976. The quantitative estimate of drug-likeness (QED) is 0.690. The zero-order valence-corrected chi connectivity index (χ0v) is 10.9. The molecule has 0 saturated heterocycles. The molecule has 6 heteroatoms. The first-order chi connectivity index (χ1) is 7.80. The predicted molar refractivity (Wildman–Crippen MR) is 70.3 cm³/mol. The van der Waals surface area contributed by atoms with Crippen LogP contribution in [-0.4, -0.2) is 41.9 Å². The fraction of sp³-hybridized carbons (Fsp3) is 0.833. The van der Waals surface area contributed by atoms with E-state index in [1.165, 1.54) is 0 Å². The third kappa shape index (κ3) is 8.81. The van der Waals surface area contributed by atoms with E-state index in [2.05, 4.69) is 10.6 Å². The summed E-state index contributed by atoms with van der Waals surface area (Å²) in [6.45, 7) is 7.11. The van der Waals surface area contributed by atoms with Gasteiger partial charge >= 0.3 is 6.09 Å². The molecule has 6 nitrogen and oxygen atoms in total. The zero-order valence-electron chi connectivity index (χ0n) is 10.9. The Bertz CT molecular complexity index is 261. The molecular weight excluding hydrogens is 236 g/mol. The molecule has 1 atom stereocenters. The molecule has 3 N–H and O–H groups in total. The van der Waals surface area contributed by atoms with Gasteiger partial charge in [0, 0.05) is 6.54 Å². The number of amides is 2. The van der Waals surface area contributed by atoms with Gasteiger partial charge in [-0.15, -0.1) is 0 Å². The normalized spacial score (nSPS) is 12.1. The molecule has 0 heterocycles. The summed E-state index contributed by atoms with van der Waals surface area (Å²) < 4.78 is 4.98. The molecule has 0 saturated carbocycles. The lowest BCUT2D eigenvalue weighted by atomic mass is 10.2. The minimum Gasteiger partial charge on any atom is -0.444 e. The van der Waals surface area contributed by atoms with Crippen molar-refractivity contribution in [1.29, 1.82) is 0 Å². The number of aliphatic hydroxyl groups excluding tert-OH is 1. The van der Waals surface area contributed by atoms with E-state index in [1.807, 2.05) is 6.92 Å². The molecule has 0 spiro atoms. The molecule has 2 amide bonds. The van der Waals surface area contributed by atoms with Gasteiger partial charge in [0.15, 0.2) is 0 Å². The maximum absolute atomic E-state index is 11.5. The summed E-state index contributed by atoms with van der Waals surface area (Å²) in [5, 5.41) is 13.9. The molecule has 0 aliphatic heterocycles. The van der Waals surface area contributed by atoms with Crippen molar-refractivity contribution < 1.29 is 19.4 Å². The molecule has 0 aromatic carbocycles. The summed E-state index contributed by atoms with van der Waals surface area (Å²) in [6.07, 6.45) is 0.0688. The standard InChI is InChI=1S/C11H22N2O4.CH4/c1-5-6-12-9(15)8(7-14)13-10(16)17-11(2,3)4;/h8,14H,5-7H2,1-4H3,(H,12,15)(H,13,16);1H4. The highest BCUT2D eigenvalue weighted by atomic mass is 16.6. The van der Waals surface area contributed by atoms with E-state index in [0.717, 1.165) is 6.42 Å². The number of rotatable bonds is 5. The van der Waals surface area contributed by atoms with Gasteiger partial charge < -0.3 is 20.5 Å².